The number of nitrogens with one attached hydrogen (secondary N) is 1. The van der Waals surface area contributed by atoms with Gasteiger partial charge in [-0.2, -0.15) is 5.10 Å². The van der Waals surface area contributed by atoms with Crippen LogP contribution in [0.25, 0.3) is 0 Å². The third kappa shape index (κ3) is 3.16. The third-order valence-corrected chi connectivity index (χ3v) is 2.44. The Hall–Kier alpha value is -1.16. The number of nitrogens with zero attached hydrogens (tertiary/aromatic N) is 1. The Balaban J connectivity index is 2.82. The summed E-state index contributed by atoms with van der Waals surface area (Å²) in [7, 11) is 0. The first-order valence-corrected chi connectivity index (χ1v) is 5.04. The Morgan fingerprint density at radius 2 is 2.13 bits per heavy atom. The van der Waals surface area contributed by atoms with Crippen LogP contribution in [0.15, 0.2) is 10.9 Å². The molecule has 0 saturated heterocycles. The number of aromatic nitrogens is 2. The molecule has 0 aromatic carbocycles. The number of hydrogen-bond donors (Lipinski definition) is 2. The van der Waals surface area contributed by atoms with Gasteiger partial charge in [-0.15, -0.1) is 0 Å². The van der Waals surface area contributed by atoms with Crippen molar-refractivity contribution in [1.82, 2.24) is 10.2 Å². The molecule has 0 radical (unpaired) electrons. The van der Waals surface area contributed by atoms with Crippen LogP contribution in [0, 0.1) is 12.3 Å². The molecule has 1 heterocycles. The number of aromatic amines is 1. The van der Waals surface area contributed by atoms with Crippen molar-refractivity contribution in [2.75, 3.05) is 0 Å². The largest absolute Gasteiger partial charge is 0.392 e. The van der Waals surface area contributed by atoms with Crippen LogP contribution < -0.4 is 5.56 Å². The lowest BCUT2D eigenvalue weighted by Gasteiger charge is -2.25. The Kier molecular flexibility index (Phi) is 3.29. The van der Waals surface area contributed by atoms with Gasteiger partial charge in [-0.3, -0.25) is 4.79 Å². The summed E-state index contributed by atoms with van der Waals surface area (Å²) in [6.07, 6.45) is -0.00324. The topological polar surface area (TPSA) is 66.0 Å². The van der Waals surface area contributed by atoms with Crippen LogP contribution in [0.1, 0.15) is 32.0 Å². The predicted octanol–water partition coefficient (Wildman–Crippen LogP) is 1.03. The van der Waals surface area contributed by atoms with Crippen LogP contribution in [0.5, 0.6) is 0 Å². The van der Waals surface area contributed by atoms with Gasteiger partial charge in [0, 0.05) is 12.0 Å². The molecule has 0 aliphatic rings. The van der Waals surface area contributed by atoms with Gasteiger partial charge in [-0.05, 0) is 18.4 Å². The number of aliphatic hydroxyl groups excluding tert-OH is 1. The summed E-state index contributed by atoms with van der Waals surface area (Å²) in [6, 6.07) is 1.72. The first-order valence-electron chi connectivity index (χ1n) is 5.04. The van der Waals surface area contributed by atoms with Gasteiger partial charge in [0.1, 0.15) is 0 Å². The highest BCUT2D eigenvalue weighted by Crippen LogP contribution is 2.21. The molecule has 1 atom stereocenters. The molecule has 4 heteroatoms. The van der Waals surface area contributed by atoms with E-state index in [2.05, 4.69) is 10.2 Å². The Morgan fingerprint density at radius 3 is 2.60 bits per heavy atom. The van der Waals surface area contributed by atoms with E-state index in [0.717, 1.165) is 5.69 Å². The van der Waals surface area contributed by atoms with E-state index < -0.39 is 6.10 Å². The molecule has 0 aliphatic carbocycles. The maximum Gasteiger partial charge on any atom is 0.267 e. The lowest BCUT2D eigenvalue weighted by molar-refractivity contribution is 0.0625. The minimum atomic E-state index is -0.463. The summed E-state index contributed by atoms with van der Waals surface area (Å²) < 4.78 is 0. The molecule has 0 fully saturated rings. The summed E-state index contributed by atoms with van der Waals surface area (Å²) in [5.74, 6) is 0. The monoisotopic (exact) mass is 210 g/mol. The van der Waals surface area contributed by atoms with E-state index in [1.807, 2.05) is 20.8 Å². The van der Waals surface area contributed by atoms with Gasteiger partial charge in [0.05, 0.1) is 11.8 Å². The molecular formula is C11H18N2O2. The average Bonchev–Trinajstić information content (AvgIpc) is 2.10. The number of aliphatic hydroxyl groups is 1. The Morgan fingerprint density at radius 1 is 1.53 bits per heavy atom. The van der Waals surface area contributed by atoms with E-state index in [1.54, 1.807) is 13.0 Å². The van der Waals surface area contributed by atoms with Crippen LogP contribution in [-0.2, 0) is 6.42 Å². The summed E-state index contributed by atoms with van der Waals surface area (Å²) >= 11 is 0. The van der Waals surface area contributed by atoms with Crippen molar-refractivity contribution in [2.45, 2.75) is 40.2 Å². The SMILES string of the molecule is Cc1cc(CC(O)C(C)(C)C)n[nH]c1=O. The van der Waals surface area contributed by atoms with Crippen molar-refractivity contribution in [1.29, 1.82) is 0 Å². The maximum atomic E-state index is 11.1. The summed E-state index contributed by atoms with van der Waals surface area (Å²) in [5.41, 5.74) is 0.991. The number of hydrogen-bond acceptors (Lipinski definition) is 3. The minimum absolute atomic E-state index is 0.175. The lowest BCUT2D eigenvalue weighted by Crippen LogP contribution is -2.29. The van der Waals surface area contributed by atoms with Crippen molar-refractivity contribution in [3.8, 4) is 0 Å². The standard InChI is InChI=1S/C11H18N2O2/c1-7-5-8(12-13-10(7)15)6-9(14)11(2,3)4/h5,9,14H,6H2,1-4H3,(H,13,15). The van der Waals surface area contributed by atoms with Gasteiger partial charge in [-0.25, -0.2) is 5.10 Å². The maximum absolute atomic E-state index is 11.1. The van der Waals surface area contributed by atoms with E-state index in [-0.39, 0.29) is 11.0 Å². The number of aryl methyl sites for hydroxylation is 1. The zero-order chi connectivity index (χ0) is 11.6. The highest BCUT2D eigenvalue weighted by molar-refractivity contribution is 5.11. The Bertz CT molecular complexity index is 390. The second-order valence-electron chi connectivity index (χ2n) is 4.96. The highest BCUT2D eigenvalue weighted by atomic mass is 16.3. The van der Waals surface area contributed by atoms with Crippen molar-refractivity contribution in [3.63, 3.8) is 0 Å². The van der Waals surface area contributed by atoms with Crippen molar-refractivity contribution in [2.24, 2.45) is 5.41 Å². The molecule has 15 heavy (non-hydrogen) atoms. The van der Waals surface area contributed by atoms with Crippen LogP contribution >= 0.6 is 0 Å². The quantitative estimate of drug-likeness (QED) is 0.766. The minimum Gasteiger partial charge on any atom is -0.392 e. The fourth-order valence-corrected chi connectivity index (χ4v) is 1.17. The molecule has 0 bridgehead atoms. The van der Waals surface area contributed by atoms with Gasteiger partial charge in [0.25, 0.3) is 5.56 Å². The molecule has 1 unspecified atom stereocenters. The fourth-order valence-electron chi connectivity index (χ4n) is 1.17. The van der Waals surface area contributed by atoms with Crippen molar-refractivity contribution >= 4 is 0 Å². The predicted molar refractivity (Wildman–Crippen MR) is 58.8 cm³/mol. The van der Waals surface area contributed by atoms with Crippen LogP contribution in [0.2, 0.25) is 0 Å². The van der Waals surface area contributed by atoms with Crippen molar-refractivity contribution in [3.05, 3.63) is 27.7 Å². The Labute approximate surface area is 89.3 Å². The number of rotatable bonds is 2. The fraction of sp³-hybridized carbons (Fsp3) is 0.636. The molecule has 1 aromatic rings. The van der Waals surface area contributed by atoms with Gasteiger partial charge >= 0.3 is 0 Å². The third-order valence-electron chi connectivity index (χ3n) is 2.44. The molecule has 2 N–H and O–H groups in total. The molecule has 0 spiro atoms. The molecule has 1 rings (SSSR count). The van der Waals surface area contributed by atoms with E-state index in [1.165, 1.54) is 0 Å². The van der Waals surface area contributed by atoms with Gasteiger partial charge in [0.15, 0.2) is 0 Å². The summed E-state index contributed by atoms with van der Waals surface area (Å²) in [5, 5.41) is 16.2. The molecule has 0 amide bonds. The average molecular weight is 210 g/mol. The smallest absolute Gasteiger partial charge is 0.267 e. The molecule has 0 aliphatic heterocycles. The second kappa shape index (κ2) is 4.14. The van der Waals surface area contributed by atoms with Crippen LogP contribution in [-0.4, -0.2) is 21.4 Å². The first kappa shape index (κ1) is 11.9. The molecular weight excluding hydrogens is 192 g/mol. The van der Waals surface area contributed by atoms with E-state index >= 15 is 0 Å². The van der Waals surface area contributed by atoms with E-state index in [9.17, 15) is 9.90 Å². The van der Waals surface area contributed by atoms with Gasteiger partial charge < -0.3 is 5.11 Å². The highest BCUT2D eigenvalue weighted by Gasteiger charge is 2.22. The summed E-state index contributed by atoms with van der Waals surface area (Å²) in [4.78, 5) is 11.1. The van der Waals surface area contributed by atoms with Crippen LogP contribution in [0.3, 0.4) is 0 Å². The molecule has 1 aromatic heterocycles. The van der Waals surface area contributed by atoms with E-state index in [0.29, 0.717) is 12.0 Å². The van der Waals surface area contributed by atoms with Crippen LogP contribution in [0.4, 0.5) is 0 Å². The van der Waals surface area contributed by atoms with E-state index in [4.69, 9.17) is 0 Å². The zero-order valence-electron chi connectivity index (χ0n) is 9.66. The normalized spacial score (nSPS) is 13.9. The first-order chi connectivity index (χ1) is 6.80. The zero-order valence-corrected chi connectivity index (χ0v) is 9.66. The second-order valence-corrected chi connectivity index (χ2v) is 4.96. The van der Waals surface area contributed by atoms with Gasteiger partial charge in [-0.1, -0.05) is 20.8 Å². The van der Waals surface area contributed by atoms with Gasteiger partial charge in [0.2, 0.25) is 0 Å². The van der Waals surface area contributed by atoms with Crippen molar-refractivity contribution < 1.29 is 5.11 Å². The molecule has 0 saturated carbocycles. The summed E-state index contributed by atoms with van der Waals surface area (Å²) in [6.45, 7) is 7.64. The lowest BCUT2D eigenvalue weighted by atomic mass is 9.86. The molecule has 84 valence electrons. The number of H-pyrrole nitrogens is 1. The molecule has 4 nitrogen and oxygen atoms in total.